The number of amides is 1. The van der Waals surface area contributed by atoms with Crippen LogP contribution < -0.4 is 5.32 Å². The van der Waals surface area contributed by atoms with E-state index in [0.717, 1.165) is 38.9 Å². The standard InChI is InChI=1S/C17H29N3O2/c1-17(2,3)22-16(21)20-9-5-6-15(8-11-20)18-12-14-7-10-19(4)13-14/h7,10,13,15,18H,5-6,8-9,11-12H2,1-4H3/t15-/m0/s1. The number of nitrogens with zero attached hydrogens (tertiary/aromatic N) is 2. The summed E-state index contributed by atoms with van der Waals surface area (Å²) in [5, 5.41) is 3.61. The molecule has 0 aliphatic carbocycles. The molecule has 0 saturated carbocycles. The normalized spacial score (nSPS) is 19.8. The summed E-state index contributed by atoms with van der Waals surface area (Å²) in [6.45, 7) is 8.17. The number of hydrogen-bond acceptors (Lipinski definition) is 3. The Balaban J connectivity index is 1.78. The zero-order valence-electron chi connectivity index (χ0n) is 14.3. The maximum absolute atomic E-state index is 12.1. The van der Waals surface area contributed by atoms with Crippen LogP contribution in [0.1, 0.15) is 45.6 Å². The lowest BCUT2D eigenvalue weighted by Gasteiger charge is -2.26. The number of rotatable bonds is 3. The van der Waals surface area contributed by atoms with Crippen LogP contribution in [0.4, 0.5) is 4.79 Å². The van der Waals surface area contributed by atoms with Crippen molar-refractivity contribution in [3.63, 3.8) is 0 Å². The number of carbonyl (C=O) groups excluding carboxylic acids is 1. The third-order valence-corrected chi connectivity index (χ3v) is 3.87. The molecule has 1 atom stereocenters. The number of aromatic nitrogens is 1. The predicted molar refractivity (Wildman–Crippen MR) is 87.7 cm³/mol. The SMILES string of the molecule is Cn1ccc(CN[C@H]2CCCN(C(=O)OC(C)(C)C)CC2)c1. The van der Waals surface area contributed by atoms with Gasteiger partial charge in [0.05, 0.1) is 0 Å². The highest BCUT2D eigenvalue weighted by Crippen LogP contribution is 2.16. The quantitative estimate of drug-likeness (QED) is 0.934. The van der Waals surface area contributed by atoms with Crippen molar-refractivity contribution in [2.24, 2.45) is 7.05 Å². The second-order valence-electron chi connectivity index (χ2n) is 7.16. The van der Waals surface area contributed by atoms with Gasteiger partial charge in [0.2, 0.25) is 0 Å². The third kappa shape index (κ3) is 5.37. The van der Waals surface area contributed by atoms with E-state index in [9.17, 15) is 4.79 Å². The van der Waals surface area contributed by atoms with Gasteiger partial charge in [-0.3, -0.25) is 0 Å². The van der Waals surface area contributed by atoms with Crippen molar-refractivity contribution in [3.8, 4) is 0 Å². The molecular formula is C17H29N3O2. The first-order chi connectivity index (χ1) is 10.3. The van der Waals surface area contributed by atoms with Gasteiger partial charge in [-0.2, -0.15) is 0 Å². The lowest BCUT2D eigenvalue weighted by Crippen LogP contribution is -2.38. The molecule has 1 amide bonds. The summed E-state index contributed by atoms with van der Waals surface area (Å²) in [5.74, 6) is 0. The first-order valence-electron chi connectivity index (χ1n) is 8.16. The summed E-state index contributed by atoms with van der Waals surface area (Å²) in [6, 6.07) is 2.60. The van der Waals surface area contributed by atoms with Gasteiger partial charge < -0.3 is 19.5 Å². The van der Waals surface area contributed by atoms with E-state index in [1.807, 2.05) is 32.7 Å². The van der Waals surface area contributed by atoms with Crippen LogP contribution in [0.5, 0.6) is 0 Å². The highest BCUT2D eigenvalue weighted by Gasteiger charge is 2.24. The maximum Gasteiger partial charge on any atom is 0.410 e. The van der Waals surface area contributed by atoms with E-state index in [0.29, 0.717) is 6.04 Å². The lowest BCUT2D eigenvalue weighted by atomic mass is 10.1. The Bertz CT molecular complexity index is 490. The van der Waals surface area contributed by atoms with Gasteiger partial charge in [0, 0.05) is 45.1 Å². The van der Waals surface area contributed by atoms with Crippen molar-refractivity contribution in [3.05, 3.63) is 24.0 Å². The smallest absolute Gasteiger partial charge is 0.410 e. The van der Waals surface area contributed by atoms with E-state index in [1.54, 1.807) is 0 Å². The first-order valence-corrected chi connectivity index (χ1v) is 8.16. The summed E-state index contributed by atoms with van der Waals surface area (Å²) in [6.07, 6.45) is 7.12. The fourth-order valence-corrected chi connectivity index (χ4v) is 2.74. The maximum atomic E-state index is 12.1. The average molecular weight is 307 g/mol. The largest absolute Gasteiger partial charge is 0.444 e. The molecule has 0 bridgehead atoms. The number of likely N-dealkylation sites (tertiary alicyclic amines) is 1. The van der Waals surface area contributed by atoms with E-state index < -0.39 is 5.60 Å². The molecule has 1 N–H and O–H groups in total. The van der Waals surface area contributed by atoms with Crippen molar-refractivity contribution in [1.82, 2.24) is 14.8 Å². The number of nitrogens with one attached hydrogen (secondary N) is 1. The number of aryl methyl sites for hydroxylation is 1. The van der Waals surface area contributed by atoms with E-state index >= 15 is 0 Å². The van der Waals surface area contributed by atoms with E-state index in [1.165, 1.54) is 5.56 Å². The van der Waals surface area contributed by atoms with Crippen LogP contribution in [-0.2, 0) is 18.3 Å². The number of ether oxygens (including phenoxy) is 1. The van der Waals surface area contributed by atoms with Gasteiger partial charge in [-0.15, -0.1) is 0 Å². The van der Waals surface area contributed by atoms with Crippen LogP contribution in [0, 0.1) is 0 Å². The van der Waals surface area contributed by atoms with Gasteiger partial charge in [-0.05, 0) is 51.7 Å². The molecule has 0 aromatic carbocycles. The molecule has 2 rings (SSSR count). The Hall–Kier alpha value is -1.49. The molecule has 1 fully saturated rings. The average Bonchev–Trinajstić information content (AvgIpc) is 2.69. The van der Waals surface area contributed by atoms with Gasteiger partial charge >= 0.3 is 6.09 Å². The van der Waals surface area contributed by atoms with E-state index in [-0.39, 0.29) is 6.09 Å². The summed E-state index contributed by atoms with van der Waals surface area (Å²) < 4.78 is 7.53. The second-order valence-corrected chi connectivity index (χ2v) is 7.16. The third-order valence-electron chi connectivity index (χ3n) is 3.87. The minimum atomic E-state index is -0.422. The monoisotopic (exact) mass is 307 g/mol. The van der Waals surface area contributed by atoms with Gasteiger partial charge in [-0.1, -0.05) is 0 Å². The molecular weight excluding hydrogens is 278 g/mol. The Labute approximate surface area is 133 Å². The van der Waals surface area contributed by atoms with E-state index in [4.69, 9.17) is 4.74 Å². The highest BCUT2D eigenvalue weighted by molar-refractivity contribution is 5.68. The summed E-state index contributed by atoms with van der Waals surface area (Å²) in [4.78, 5) is 14.0. The first kappa shape index (κ1) is 16.9. The van der Waals surface area contributed by atoms with Gasteiger partial charge in [0.15, 0.2) is 0 Å². The van der Waals surface area contributed by atoms with Crippen LogP contribution in [0.3, 0.4) is 0 Å². The molecule has 1 aromatic heterocycles. The molecule has 0 unspecified atom stereocenters. The topological polar surface area (TPSA) is 46.5 Å². The second kappa shape index (κ2) is 7.18. The number of carbonyl (C=O) groups is 1. The van der Waals surface area contributed by atoms with Crippen LogP contribution >= 0.6 is 0 Å². The molecule has 1 aromatic rings. The van der Waals surface area contributed by atoms with Crippen LogP contribution in [0.25, 0.3) is 0 Å². The van der Waals surface area contributed by atoms with Crippen molar-refractivity contribution in [2.45, 2.75) is 58.2 Å². The summed E-state index contributed by atoms with van der Waals surface area (Å²) in [5.41, 5.74) is 0.879. The van der Waals surface area contributed by atoms with E-state index in [2.05, 4.69) is 28.3 Å². The molecule has 124 valence electrons. The van der Waals surface area contributed by atoms with Crippen molar-refractivity contribution in [2.75, 3.05) is 13.1 Å². The lowest BCUT2D eigenvalue weighted by molar-refractivity contribution is 0.0256. The fourth-order valence-electron chi connectivity index (χ4n) is 2.74. The van der Waals surface area contributed by atoms with Crippen LogP contribution in [0.15, 0.2) is 18.5 Å². The Morgan fingerprint density at radius 2 is 2.14 bits per heavy atom. The van der Waals surface area contributed by atoms with Crippen molar-refractivity contribution < 1.29 is 9.53 Å². The van der Waals surface area contributed by atoms with Crippen molar-refractivity contribution >= 4 is 6.09 Å². The minimum Gasteiger partial charge on any atom is -0.444 e. The van der Waals surface area contributed by atoms with Crippen LogP contribution in [-0.4, -0.2) is 40.3 Å². The predicted octanol–water partition coefficient (Wildman–Crippen LogP) is 2.90. The molecule has 1 aliphatic heterocycles. The fraction of sp³-hybridized carbons (Fsp3) is 0.706. The molecule has 1 aliphatic rings. The zero-order valence-corrected chi connectivity index (χ0v) is 14.3. The van der Waals surface area contributed by atoms with Crippen molar-refractivity contribution in [1.29, 1.82) is 0 Å². The minimum absolute atomic E-state index is 0.184. The van der Waals surface area contributed by atoms with Gasteiger partial charge in [-0.25, -0.2) is 4.79 Å². The zero-order chi connectivity index (χ0) is 16.2. The Morgan fingerprint density at radius 1 is 1.36 bits per heavy atom. The molecule has 2 heterocycles. The molecule has 0 spiro atoms. The highest BCUT2D eigenvalue weighted by atomic mass is 16.6. The Kier molecular flexibility index (Phi) is 5.51. The molecule has 0 radical (unpaired) electrons. The summed E-state index contributed by atoms with van der Waals surface area (Å²) in [7, 11) is 2.04. The van der Waals surface area contributed by atoms with Gasteiger partial charge in [0.25, 0.3) is 0 Å². The number of hydrogen-bond donors (Lipinski definition) is 1. The Morgan fingerprint density at radius 3 is 2.77 bits per heavy atom. The molecule has 22 heavy (non-hydrogen) atoms. The molecule has 5 nitrogen and oxygen atoms in total. The van der Waals surface area contributed by atoms with Crippen LogP contribution in [0.2, 0.25) is 0 Å². The van der Waals surface area contributed by atoms with Gasteiger partial charge in [0.1, 0.15) is 5.60 Å². The summed E-state index contributed by atoms with van der Waals surface area (Å²) >= 11 is 0. The molecule has 5 heteroatoms. The molecule has 1 saturated heterocycles.